The van der Waals surface area contributed by atoms with Gasteiger partial charge in [-0.1, -0.05) is 31.3 Å². The number of benzene rings is 1. The topological polar surface area (TPSA) is 129 Å². The first kappa shape index (κ1) is 35.7. The van der Waals surface area contributed by atoms with Gasteiger partial charge < -0.3 is 39.5 Å². The number of carbonyl (C=O) groups is 2. The third-order valence-electron chi connectivity index (χ3n) is 9.37. The summed E-state index contributed by atoms with van der Waals surface area (Å²) in [5, 5.41) is 19.7. The Bertz CT molecular complexity index is 1260. The van der Waals surface area contributed by atoms with E-state index in [4.69, 9.17) is 14.0 Å². The molecule has 3 amide bonds. The van der Waals surface area contributed by atoms with E-state index in [-0.39, 0.29) is 30.6 Å². The van der Waals surface area contributed by atoms with Crippen molar-refractivity contribution in [2.75, 3.05) is 50.5 Å². The average Bonchev–Trinajstić information content (AvgIpc) is 3.34. The zero-order valence-corrected chi connectivity index (χ0v) is 28.6. The summed E-state index contributed by atoms with van der Waals surface area (Å²) in [6, 6.07) is 4.19. The van der Waals surface area contributed by atoms with Crippen LogP contribution in [0.5, 0.6) is 5.75 Å². The van der Waals surface area contributed by atoms with E-state index in [9.17, 15) is 14.7 Å². The Balaban J connectivity index is 1.57. The SMILES string of the molecule is Cc1noc(C)c1NC(=O)Nc1ccc2c(c1)C(=O)N([C@H](C)CO)C[C@H](C)[C@H](CN(C)CC1CCCCC1)OCCCC[C@H](C)O2. The van der Waals surface area contributed by atoms with Crippen molar-refractivity contribution in [3.05, 3.63) is 35.2 Å². The minimum absolute atomic E-state index is 0.0140. The van der Waals surface area contributed by atoms with E-state index in [0.717, 1.165) is 38.3 Å². The molecule has 0 radical (unpaired) electrons. The molecule has 4 atom stereocenters. The van der Waals surface area contributed by atoms with E-state index in [1.165, 1.54) is 32.1 Å². The highest BCUT2D eigenvalue weighted by Gasteiger charge is 2.31. The number of nitrogens with zero attached hydrogens (tertiary/aromatic N) is 3. The van der Waals surface area contributed by atoms with Crippen molar-refractivity contribution in [1.29, 1.82) is 0 Å². The Kier molecular flexibility index (Phi) is 13.3. The second kappa shape index (κ2) is 17.1. The molecule has 1 aliphatic carbocycles. The van der Waals surface area contributed by atoms with Gasteiger partial charge in [0, 0.05) is 37.8 Å². The Morgan fingerprint density at radius 1 is 1.09 bits per heavy atom. The molecule has 11 heteroatoms. The number of anilines is 2. The van der Waals surface area contributed by atoms with Crippen LogP contribution >= 0.6 is 0 Å². The van der Waals surface area contributed by atoms with Gasteiger partial charge in [-0.25, -0.2) is 4.79 Å². The smallest absolute Gasteiger partial charge is 0.323 e. The van der Waals surface area contributed by atoms with Gasteiger partial charge in [-0.3, -0.25) is 4.79 Å². The third-order valence-corrected chi connectivity index (χ3v) is 9.37. The van der Waals surface area contributed by atoms with Crippen molar-refractivity contribution in [3.63, 3.8) is 0 Å². The van der Waals surface area contributed by atoms with E-state index in [0.29, 0.717) is 47.3 Å². The van der Waals surface area contributed by atoms with E-state index in [1.54, 1.807) is 36.9 Å². The van der Waals surface area contributed by atoms with Crippen LogP contribution in [0.4, 0.5) is 16.2 Å². The molecule has 4 rings (SSSR count). The highest BCUT2D eigenvalue weighted by atomic mass is 16.5. The number of aliphatic hydroxyl groups excluding tert-OH is 1. The molecular weight excluding hydrogens is 586 g/mol. The molecule has 0 spiro atoms. The van der Waals surface area contributed by atoms with Crippen LogP contribution in [0.15, 0.2) is 22.7 Å². The number of aromatic nitrogens is 1. The third kappa shape index (κ3) is 9.92. The first-order valence-electron chi connectivity index (χ1n) is 17.1. The van der Waals surface area contributed by atoms with Gasteiger partial charge >= 0.3 is 6.03 Å². The molecule has 46 heavy (non-hydrogen) atoms. The number of rotatable bonds is 8. The number of urea groups is 1. The van der Waals surface area contributed by atoms with Gasteiger partial charge in [-0.2, -0.15) is 0 Å². The zero-order valence-electron chi connectivity index (χ0n) is 28.6. The molecule has 2 aromatic rings. The van der Waals surface area contributed by atoms with Gasteiger partial charge in [-0.15, -0.1) is 0 Å². The van der Waals surface area contributed by atoms with Crippen molar-refractivity contribution in [1.82, 2.24) is 15.0 Å². The van der Waals surface area contributed by atoms with Crippen LogP contribution in [0.1, 0.15) is 93.9 Å². The number of carbonyl (C=O) groups excluding carboxylic acids is 2. The summed E-state index contributed by atoms with van der Waals surface area (Å²) in [6.07, 6.45) is 9.05. The van der Waals surface area contributed by atoms with Gasteiger partial charge in [0.05, 0.1) is 30.4 Å². The minimum Gasteiger partial charge on any atom is -0.490 e. The summed E-state index contributed by atoms with van der Waals surface area (Å²) >= 11 is 0. The summed E-state index contributed by atoms with van der Waals surface area (Å²) in [4.78, 5) is 31.4. The number of fused-ring (bicyclic) bond motifs is 1. The van der Waals surface area contributed by atoms with E-state index in [1.807, 2.05) is 13.8 Å². The maximum absolute atomic E-state index is 14.4. The van der Waals surface area contributed by atoms with Gasteiger partial charge in [0.1, 0.15) is 17.1 Å². The number of aryl methyl sites for hydroxylation is 2. The molecule has 1 aromatic carbocycles. The van der Waals surface area contributed by atoms with E-state index < -0.39 is 12.1 Å². The molecule has 0 saturated heterocycles. The number of aliphatic hydroxyl groups is 1. The van der Waals surface area contributed by atoms with Crippen LogP contribution in [-0.2, 0) is 4.74 Å². The Hall–Kier alpha value is -3.15. The fraction of sp³-hybridized carbons (Fsp3) is 0.686. The predicted octanol–water partition coefficient (Wildman–Crippen LogP) is 6.24. The maximum Gasteiger partial charge on any atom is 0.323 e. The molecule has 1 aliphatic heterocycles. The number of nitrogens with one attached hydrogen (secondary N) is 2. The summed E-state index contributed by atoms with van der Waals surface area (Å²) in [7, 11) is 2.18. The van der Waals surface area contributed by atoms with Crippen molar-refractivity contribution in [3.8, 4) is 5.75 Å². The van der Waals surface area contributed by atoms with E-state index in [2.05, 4.69) is 34.7 Å². The monoisotopic (exact) mass is 641 g/mol. The van der Waals surface area contributed by atoms with Crippen LogP contribution in [0.25, 0.3) is 0 Å². The molecule has 2 heterocycles. The number of likely N-dealkylation sites (N-methyl/N-ethyl adjacent to an activating group) is 1. The van der Waals surface area contributed by atoms with Gasteiger partial charge in [0.15, 0.2) is 5.76 Å². The van der Waals surface area contributed by atoms with Gasteiger partial charge in [0.25, 0.3) is 5.91 Å². The lowest BCUT2D eigenvalue weighted by atomic mass is 9.89. The first-order chi connectivity index (χ1) is 22.0. The van der Waals surface area contributed by atoms with Crippen molar-refractivity contribution in [2.45, 2.75) is 104 Å². The molecule has 1 saturated carbocycles. The lowest BCUT2D eigenvalue weighted by Crippen LogP contribution is -2.47. The van der Waals surface area contributed by atoms with Crippen LogP contribution in [-0.4, -0.2) is 90.1 Å². The van der Waals surface area contributed by atoms with Crippen LogP contribution in [0, 0.1) is 25.7 Å². The Labute approximate surface area is 274 Å². The van der Waals surface area contributed by atoms with Gasteiger partial charge in [0.2, 0.25) is 0 Å². The number of amides is 3. The van der Waals surface area contributed by atoms with Crippen LogP contribution in [0.2, 0.25) is 0 Å². The lowest BCUT2D eigenvalue weighted by molar-refractivity contribution is -0.0190. The number of hydrogen-bond donors (Lipinski definition) is 3. The van der Waals surface area contributed by atoms with Crippen molar-refractivity contribution < 1.29 is 28.7 Å². The van der Waals surface area contributed by atoms with Crippen molar-refractivity contribution in [2.24, 2.45) is 11.8 Å². The molecule has 2 aliphatic rings. The summed E-state index contributed by atoms with van der Waals surface area (Å²) in [5.74, 6) is 1.43. The first-order valence-corrected chi connectivity index (χ1v) is 17.1. The maximum atomic E-state index is 14.4. The quantitative estimate of drug-likeness (QED) is 0.309. The molecule has 0 unspecified atom stereocenters. The second-order valence-electron chi connectivity index (χ2n) is 13.5. The summed E-state index contributed by atoms with van der Waals surface area (Å²) in [6.45, 7) is 12.2. The Morgan fingerprint density at radius 3 is 2.52 bits per heavy atom. The van der Waals surface area contributed by atoms with E-state index >= 15 is 0 Å². The molecule has 3 N–H and O–H groups in total. The van der Waals surface area contributed by atoms with Gasteiger partial charge in [-0.05, 0) is 91.0 Å². The summed E-state index contributed by atoms with van der Waals surface area (Å²) < 4.78 is 18.0. The average molecular weight is 642 g/mol. The molecule has 0 bridgehead atoms. The second-order valence-corrected chi connectivity index (χ2v) is 13.5. The molecule has 11 nitrogen and oxygen atoms in total. The van der Waals surface area contributed by atoms with Crippen LogP contribution in [0.3, 0.4) is 0 Å². The van der Waals surface area contributed by atoms with Crippen LogP contribution < -0.4 is 15.4 Å². The molecule has 1 fully saturated rings. The molecule has 256 valence electrons. The predicted molar refractivity (Wildman–Crippen MR) is 180 cm³/mol. The largest absolute Gasteiger partial charge is 0.490 e. The molecule has 1 aromatic heterocycles. The lowest BCUT2D eigenvalue weighted by Gasteiger charge is -2.36. The highest BCUT2D eigenvalue weighted by molar-refractivity contribution is 6.03. The minimum atomic E-state index is -0.483. The number of hydrogen-bond acceptors (Lipinski definition) is 8. The Morgan fingerprint density at radius 2 is 1.83 bits per heavy atom. The summed E-state index contributed by atoms with van der Waals surface area (Å²) in [5.41, 5.74) is 1.84. The molecular formula is C35H55N5O6. The highest BCUT2D eigenvalue weighted by Crippen LogP contribution is 2.29. The fourth-order valence-electron chi connectivity index (χ4n) is 6.59. The number of ether oxygens (including phenoxy) is 2. The standard InChI is InChI=1S/C35H55N5O6/c1-23-19-40(24(2)22-41)34(42)30-18-29(36-35(43)37-33-26(4)38-46-27(33)5)15-16-31(30)45-25(3)12-10-11-17-44-32(23)21-39(6)20-28-13-8-7-9-14-28/h15-16,18,23-25,28,32,41H,7-14,17,19-22H2,1-6H3,(H2,36,37,43)/t23-,24+,25-,32-/m0/s1. The normalized spacial score (nSPS) is 22.9. The zero-order chi connectivity index (χ0) is 33.2. The van der Waals surface area contributed by atoms with Crippen molar-refractivity contribution >= 4 is 23.3 Å². The fourth-order valence-corrected chi connectivity index (χ4v) is 6.59.